The van der Waals surface area contributed by atoms with Gasteiger partial charge in [0, 0.05) is 0 Å². The van der Waals surface area contributed by atoms with Crippen LogP contribution >= 0.6 is 0 Å². The fourth-order valence-electron chi connectivity index (χ4n) is 0.939. The Kier molecular flexibility index (Phi) is 2.27. The van der Waals surface area contributed by atoms with Gasteiger partial charge in [0.05, 0.1) is 18.4 Å². The lowest BCUT2D eigenvalue weighted by molar-refractivity contribution is 0.0697. The van der Waals surface area contributed by atoms with Crippen molar-refractivity contribution < 1.29 is 19.7 Å². The number of carboxylic acids is 1. The van der Waals surface area contributed by atoms with Crippen molar-refractivity contribution in [2.45, 2.75) is 0 Å². The van der Waals surface area contributed by atoms with Crippen LogP contribution in [0.25, 0.3) is 0 Å². The van der Waals surface area contributed by atoms with Gasteiger partial charge in [0.15, 0.2) is 11.5 Å². The number of phenols is 1. The van der Waals surface area contributed by atoms with Gasteiger partial charge in [-0.25, -0.2) is 4.79 Å². The van der Waals surface area contributed by atoms with Crippen LogP contribution in [0.2, 0.25) is 0 Å². The molecule has 13 heavy (non-hydrogen) atoms. The maximum absolute atomic E-state index is 10.5. The molecule has 1 aromatic carbocycles. The van der Waals surface area contributed by atoms with E-state index in [0.29, 0.717) is 0 Å². The minimum atomic E-state index is -1.18. The fourth-order valence-corrected chi connectivity index (χ4v) is 0.939. The van der Waals surface area contributed by atoms with E-state index in [1.807, 2.05) is 0 Å². The van der Waals surface area contributed by atoms with E-state index in [9.17, 15) is 9.90 Å². The van der Waals surface area contributed by atoms with Crippen LogP contribution in [0.3, 0.4) is 0 Å². The number of ether oxygens (including phenoxy) is 1. The molecule has 0 atom stereocenters. The molecule has 0 aromatic heterocycles. The Morgan fingerprint density at radius 2 is 2.15 bits per heavy atom. The minimum absolute atomic E-state index is 0.140. The van der Waals surface area contributed by atoms with Gasteiger partial charge in [0.25, 0.3) is 0 Å². The molecule has 1 rings (SSSR count). The molecule has 5 heteroatoms. The van der Waals surface area contributed by atoms with Crippen LogP contribution < -0.4 is 10.5 Å². The molecule has 70 valence electrons. The van der Waals surface area contributed by atoms with Crippen molar-refractivity contribution in [2.24, 2.45) is 0 Å². The van der Waals surface area contributed by atoms with Gasteiger partial charge in [-0.15, -0.1) is 0 Å². The summed E-state index contributed by atoms with van der Waals surface area (Å²) in [7, 11) is 1.36. The topological polar surface area (TPSA) is 92.8 Å². The molecule has 0 saturated carbocycles. The molecule has 0 aliphatic heterocycles. The third kappa shape index (κ3) is 1.48. The zero-order valence-electron chi connectivity index (χ0n) is 6.94. The highest BCUT2D eigenvalue weighted by Gasteiger charge is 2.14. The van der Waals surface area contributed by atoms with E-state index in [4.69, 9.17) is 15.6 Å². The predicted molar refractivity (Wildman–Crippen MR) is 46.0 cm³/mol. The van der Waals surface area contributed by atoms with E-state index in [0.717, 1.165) is 0 Å². The van der Waals surface area contributed by atoms with Crippen LogP contribution in [0.4, 0.5) is 5.69 Å². The molecular weight excluding hydrogens is 174 g/mol. The van der Waals surface area contributed by atoms with Crippen LogP contribution in [-0.4, -0.2) is 23.3 Å². The number of aromatic hydroxyl groups is 1. The average Bonchev–Trinajstić information content (AvgIpc) is 2.09. The Morgan fingerprint density at radius 1 is 1.54 bits per heavy atom. The van der Waals surface area contributed by atoms with Crippen molar-refractivity contribution in [3.8, 4) is 11.5 Å². The molecule has 1 aromatic rings. The second-order valence-corrected chi connectivity index (χ2v) is 2.38. The summed E-state index contributed by atoms with van der Waals surface area (Å²) in [5, 5.41) is 17.9. The van der Waals surface area contributed by atoms with Gasteiger partial charge in [-0.2, -0.15) is 0 Å². The maximum atomic E-state index is 10.5. The van der Waals surface area contributed by atoms with Crippen molar-refractivity contribution in [3.63, 3.8) is 0 Å². The molecule has 0 aliphatic carbocycles. The molecule has 0 spiro atoms. The molecule has 0 aliphatic rings. The largest absolute Gasteiger partial charge is 0.503 e. The zero-order chi connectivity index (χ0) is 10.0. The van der Waals surface area contributed by atoms with Crippen LogP contribution in [0.5, 0.6) is 11.5 Å². The van der Waals surface area contributed by atoms with E-state index < -0.39 is 5.97 Å². The molecule has 0 amide bonds. The van der Waals surface area contributed by atoms with E-state index in [-0.39, 0.29) is 22.7 Å². The van der Waals surface area contributed by atoms with E-state index >= 15 is 0 Å². The third-order valence-electron chi connectivity index (χ3n) is 1.63. The van der Waals surface area contributed by atoms with E-state index in [2.05, 4.69) is 0 Å². The van der Waals surface area contributed by atoms with E-state index in [1.54, 1.807) is 0 Å². The van der Waals surface area contributed by atoms with Gasteiger partial charge in [0.2, 0.25) is 0 Å². The summed E-state index contributed by atoms with van der Waals surface area (Å²) in [6.45, 7) is 0. The van der Waals surface area contributed by atoms with Gasteiger partial charge < -0.3 is 20.7 Å². The molecule has 0 unspecified atom stereocenters. The molecule has 0 fully saturated rings. The first-order valence-corrected chi connectivity index (χ1v) is 3.46. The predicted octanol–water partition coefficient (Wildman–Crippen LogP) is 0.681. The van der Waals surface area contributed by atoms with Gasteiger partial charge >= 0.3 is 5.97 Å². The van der Waals surface area contributed by atoms with Gasteiger partial charge in [-0.05, 0) is 12.1 Å². The Bertz CT molecular complexity index is 348. The number of anilines is 1. The molecular formula is C8H9NO4. The Balaban J connectivity index is 3.31. The van der Waals surface area contributed by atoms with E-state index in [1.165, 1.54) is 19.2 Å². The van der Waals surface area contributed by atoms with Crippen molar-refractivity contribution in [1.29, 1.82) is 0 Å². The first kappa shape index (κ1) is 9.18. The monoisotopic (exact) mass is 183 g/mol. The van der Waals surface area contributed by atoms with Crippen molar-refractivity contribution >= 4 is 11.7 Å². The number of hydrogen-bond donors (Lipinski definition) is 3. The summed E-state index contributed by atoms with van der Waals surface area (Å²) in [4.78, 5) is 10.5. The Morgan fingerprint density at radius 3 is 2.62 bits per heavy atom. The van der Waals surface area contributed by atoms with Gasteiger partial charge in [0.1, 0.15) is 0 Å². The summed E-state index contributed by atoms with van der Waals surface area (Å²) in [5.74, 6) is -1.37. The lowest BCUT2D eigenvalue weighted by Gasteiger charge is -2.07. The normalized spacial score (nSPS) is 9.62. The zero-order valence-corrected chi connectivity index (χ0v) is 6.94. The highest BCUT2D eigenvalue weighted by atomic mass is 16.5. The SMILES string of the molecule is COc1ccc(C(=O)O)c(N)c1O. The maximum Gasteiger partial charge on any atom is 0.337 e. The average molecular weight is 183 g/mol. The lowest BCUT2D eigenvalue weighted by Crippen LogP contribution is -2.02. The van der Waals surface area contributed by atoms with Crippen molar-refractivity contribution in [2.75, 3.05) is 12.8 Å². The smallest absolute Gasteiger partial charge is 0.337 e. The van der Waals surface area contributed by atoms with Gasteiger partial charge in [-0.1, -0.05) is 0 Å². The summed E-state index contributed by atoms with van der Waals surface area (Å²) < 4.78 is 4.74. The molecule has 0 heterocycles. The number of carboxylic acid groups (broad SMARTS) is 1. The van der Waals surface area contributed by atoms with Gasteiger partial charge in [-0.3, -0.25) is 0 Å². The quantitative estimate of drug-likeness (QED) is 0.463. The Labute approximate surface area is 74.4 Å². The minimum Gasteiger partial charge on any atom is -0.503 e. The molecule has 0 saturated heterocycles. The third-order valence-corrected chi connectivity index (χ3v) is 1.63. The molecule has 0 bridgehead atoms. The summed E-state index contributed by atoms with van der Waals surface area (Å²) >= 11 is 0. The summed E-state index contributed by atoms with van der Waals surface area (Å²) in [6.07, 6.45) is 0. The highest BCUT2D eigenvalue weighted by molar-refractivity contribution is 5.95. The number of rotatable bonds is 2. The highest BCUT2D eigenvalue weighted by Crippen LogP contribution is 2.34. The van der Waals surface area contributed by atoms with Crippen LogP contribution in [0, 0.1) is 0 Å². The Hall–Kier alpha value is -1.91. The summed E-state index contributed by atoms with van der Waals surface area (Å²) in [6, 6.07) is 2.62. The first-order valence-electron chi connectivity index (χ1n) is 3.46. The molecule has 4 N–H and O–H groups in total. The molecule has 5 nitrogen and oxygen atoms in total. The number of nitrogens with two attached hydrogens (primary N) is 1. The number of hydrogen-bond acceptors (Lipinski definition) is 4. The number of carbonyl (C=O) groups is 1. The lowest BCUT2D eigenvalue weighted by atomic mass is 10.1. The fraction of sp³-hybridized carbons (Fsp3) is 0.125. The van der Waals surface area contributed by atoms with Crippen molar-refractivity contribution in [1.82, 2.24) is 0 Å². The van der Waals surface area contributed by atoms with Crippen LogP contribution in [0.1, 0.15) is 10.4 Å². The standard InChI is InChI=1S/C8H9NO4/c1-13-5-3-2-4(8(11)12)6(9)7(5)10/h2-3,10H,9H2,1H3,(H,11,12). The molecule has 0 radical (unpaired) electrons. The summed E-state index contributed by atoms with van der Waals surface area (Å²) in [5.41, 5.74) is 5.02. The van der Waals surface area contributed by atoms with Crippen molar-refractivity contribution in [3.05, 3.63) is 17.7 Å². The number of benzene rings is 1. The second-order valence-electron chi connectivity index (χ2n) is 2.38. The number of nitrogen functional groups attached to an aromatic ring is 1. The number of aromatic carboxylic acids is 1. The number of phenolic OH excluding ortho intramolecular Hbond substituents is 1. The van der Waals surface area contributed by atoms with Crippen LogP contribution in [0.15, 0.2) is 12.1 Å². The van der Waals surface area contributed by atoms with Crippen LogP contribution in [-0.2, 0) is 0 Å². The first-order chi connectivity index (χ1) is 6.07. The number of methoxy groups -OCH3 is 1. The second kappa shape index (κ2) is 3.22.